The Morgan fingerprint density at radius 2 is 2.23 bits per heavy atom. The van der Waals surface area contributed by atoms with Crippen LogP contribution in [-0.2, 0) is 6.42 Å². The first kappa shape index (κ1) is 8.88. The summed E-state index contributed by atoms with van der Waals surface area (Å²) in [6.45, 7) is 1.09. The van der Waals surface area contributed by atoms with Crippen molar-refractivity contribution in [2.24, 2.45) is 0 Å². The molecule has 1 aromatic rings. The molecular weight excluding hydrogens is 230 g/mol. The maximum atomic E-state index is 5.36. The van der Waals surface area contributed by atoms with Crippen molar-refractivity contribution < 1.29 is 4.74 Å². The molecule has 0 atom stereocenters. The van der Waals surface area contributed by atoms with Crippen molar-refractivity contribution in [1.29, 1.82) is 0 Å². The number of fused-ring (bicyclic) bond motifs is 1. The fourth-order valence-corrected chi connectivity index (χ4v) is 2.34. The van der Waals surface area contributed by atoms with Crippen LogP contribution in [0.5, 0.6) is 5.75 Å². The molecule has 70 valence electrons. The van der Waals surface area contributed by atoms with Crippen molar-refractivity contribution in [2.45, 2.75) is 6.42 Å². The number of hydrogen-bond acceptors (Lipinski definition) is 2. The van der Waals surface area contributed by atoms with E-state index in [1.165, 1.54) is 11.3 Å². The van der Waals surface area contributed by atoms with E-state index in [1.54, 1.807) is 7.11 Å². The van der Waals surface area contributed by atoms with E-state index < -0.39 is 0 Å². The van der Waals surface area contributed by atoms with Crippen LogP contribution in [0, 0.1) is 0 Å². The van der Waals surface area contributed by atoms with Crippen molar-refractivity contribution in [3.63, 3.8) is 0 Å². The molecule has 13 heavy (non-hydrogen) atoms. The van der Waals surface area contributed by atoms with Crippen LogP contribution < -0.4 is 9.64 Å². The van der Waals surface area contributed by atoms with E-state index in [0.29, 0.717) is 0 Å². The minimum atomic E-state index is 0.988. The van der Waals surface area contributed by atoms with Gasteiger partial charge >= 0.3 is 0 Å². The molecule has 0 saturated heterocycles. The predicted octanol–water partition coefficient (Wildman–Crippen LogP) is 2.45. The van der Waals surface area contributed by atoms with E-state index in [-0.39, 0.29) is 0 Å². The predicted molar refractivity (Wildman–Crippen MR) is 57.7 cm³/mol. The van der Waals surface area contributed by atoms with Gasteiger partial charge in [0.1, 0.15) is 5.75 Å². The summed E-state index contributed by atoms with van der Waals surface area (Å²) in [6, 6.07) is 4.18. The van der Waals surface area contributed by atoms with Gasteiger partial charge in [0.05, 0.1) is 11.6 Å². The van der Waals surface area contributed by atoms with Crippen molar-refractivity contribution >= 4 is 21.6 Å². The van der Waals surface area contributed by atoms with Crippen molar-refractivity contribution in [1.82, 2.24) is 0 Å². The van der Waals surface area contributed by atoms with Gasteiger partial charge in [-0.3, -0.25) is 0 Å². The minimum absolute atomic E-state index is 0.988. The van der Waals surface area contributed by atoms with E-state index in [9.17, 15) is 0 Å². The lowest BCUT2D eigenvalue weighted by atomic mass is 10.1. The summed E-state index contributed by atoms with van der Waals surface area (Å²) in [5.74, 6) is 0.988. The molecule has 1 aliphatic rings. The lowest BCUT2D eigenvalue weighted by Crippen LogP contribution is -2.12. The highest BCUT2D eigenvalue weighted by atomic mass is 79.9. The number of halogens is 1. The fourth-order valence-electron chi connectivity index (χ4n) is 1.81. The normalized spacial score (nSPS) is 14.5. The largest absolute Gasteiger partial charge is 0.495 e. The van der Waals surface area contributed by atoms with Gasteiger partial charge in [-0.2, -0.15) is 0 Å². The molecule has 1 aliphatic heterocycles. The Hall–Kier alpha value is -0.700. The summed E-state index contributed by atoms with van der Waals surface area (Å²) in [6.07, 6.45) is 1.08. The number of nitrogens with zero attached hydrogens (tertiary/aromatic N) is 1. The number of rotatable bonds is 1. The number of likely N-dealkylation sites (N-methyl/N-ethyl adjacent to an activating group) is 1. The zero-order chi connectivity index (χ0) is 9.42. The van der Waals surface area contributed by atoms with Crippen LogP contribution in [0.1, 0.15) is 5.56 Å². The lowest BCUT2D eigenvalue weighted by molar-refractivity contribution is 0.408. The maximum absolute atomic E-state index is 5.36. The summed E-state index contributed by atoms with van der Waals surface area (Å²) >= 11 is 3.49. The molecule has 0 aliphatic carbocycles. The molecule has 0 fully saturated rings. The Balaban J connectivity index is 2.57. The molecule has 2 nitrogen and oxygen atoms in total. The van der Waals surface area contributed by atoms with Gasteiger partial charge in [0.2, 0.25) is 0 Å². The second-order valence-electron chi connectivity index (χ2n) is 3.25. The molecule has 0 aromatic heterocycles. The first-order valence-corrected chi connectivity index (χ1v) is 5.10. The average molecular weight is 242 g/mol. The summed E-state index contributed by atoms with van der Waals surface area (Å²) in [7, 11) is 3.83. The maximum Gasteiger partial charge on any atom is 0.138 e. The molecule has 3 heteroatoms. The lowest BCUT2D eigenvalue weighted by Gasteiger charge is -2.13. The summed E-state index contributed by atoms with van der Waals surface area (Å²) < 4.78 is 6.41. The number of methoxy groups -OCH3 is 1. The molecule has 0 spiro atoms. The second kappa shape index (κ2) is 3.22. The number of ether oxygens (including phenoxy) is 1. The number of anilines is 1. The molecule has 1 heterocycles. The van der Waals surface area contributed by atoms with E-state index in [2.05, 4.69) is 33.9 Å². The third-order valence-corrected chi connectivity index (χ3v) is 3.12. The highest BCUT2D eigenvalue weighted by Crippen LogP contribution is 2.39. The number of benzene rings is 1. The van der Waals surface area contributed by atoms with Crippen molar-refractivity contribution in [3.8, 4) is 5.75 Å². The van der Waals surface area contributed by atoms with Gasteiger partial charge < -0.3 is 9.64 Å². The Kier molecular flexibility index (Phi) is 2.20. The zero-order valence-electron chi connectivity index (χ0n) is 7.80. The van der Waals surface area contributed by atoms with Crippen LogP contribution >= 0.6 is 15.9 Å². The Bertz CT molecular complexity index is 338. The minimum Gasteiger partial charge on any atom is -0.495 e. The molecule has 1 aromatic carbocycles. The SMILES string of the molecule is COc1c(Br)ccc2c1CCN2C. The van der Waals surface area contributed by atoms with Crippen LogP contribution in [-0.4, -0.2) is 20.7 Å². The number of hydrogen-bond donors (Lipinski definition) is 0. The Morgan fingerprint density at radius 1 is 1.46 bits per heavy atom. The van der Waals surface area contributed by atoms with Gasteiger partial charge in [0, 0.05) is 24.8 Å². The summed E-state index contributed by atoms with van der Waals surface area (Å²) in [5.41, 5.74) is 2.61. The average Bonchev–Trinajstić information content (AvgIpc) is 2.48. The molecule has 2 rings (SSSR count). The molecule has 0 N–H and O–H groups in total. The van der Waals surface area contributed by atoms with E-state index in [4.69, 9.17) is 4.74 Å². The van der Waals surface area contributed by atoms with Crippen LogP contribution in [0.15, 0.2) is 16.6 Å². The van der Waals surface area contributed by atoms with E-state index in [1.807, 2.05) is 6.07 Å². The monoisotopic (exact) mass is 241 g/mol. The summed E-state index contributed by atoms with van der Waals surface area (Å²) in [4.78, 5) is 2.25. The van der Waals surface area contributed by atoms with Crippen molar-refractivity contribution in [3.05, 3.63) is 22.2 Å². The fraction of sp³-hybridized carbons (Fsp3) is 0.400. The van der Waals surface area contributed by atoms with Crippen LogP contribution in [0.3, 0.4) is 0 Å². The topological polar surface area (TPSA) is 12.5 Å². The highest BCUT2D eigenvalue weighted by molar-refractivity contribution is 9.10. The third-order valence-electron chi connectivity index (χ3n) is 2.50. The van der Waals surface area contributed by atoms with E-state index in [0.717, 1.165) is 23.2 Å². The molecular formula is C10H12BrNO. The van der Waals surface area contributed by atoms with Gasteiger partial charge in [-0.15, -0.1) is 0 Å². The first-order chi connectivity index (χ1) is 6.24. The smallest absolute Gasteiger partial charge is 0.138 e. The van der Waals surface area contributed by atoms with Gasteiger partial charge in [0.25, 0.3) is 0 Å². The second-order valence-corrected chi connectivity index (χ2v) is 4.10. The van der Waals surface area contributed by atoms with E-state index >= 15 is 0 Å². The molecule has 0 bridgehead atoms. The Labute approximate surface area is 86.6 Å². The summed E-state index contributed by atoms with van der Waals surface area (Å²) in [5, 5.41) is 0. The quantitative estimate of drug-likeness (QED) is 0.750. The zero-order valence-corrected chi connectivity index (χ0v) is 9.39. The first-order valence-electron chi connectivity index (χ1n) is 4.30. The van der Waals surface area contributed by atoms with Gasteiger partial charge in [-0.25, -0.2) is 0 Å². The standard InChI is InChI=1S/C10H12BrNO/c1-12-6-5-7-9(12)4-3-8(11)10(7)13-2/h3-4H,5-6H2,1-2H3. The molecule has 0 saturated carbocycles. The molecule has 0 radical (unpaired) electrons. The molecule has 0 unspecified atom stereocenters. The van der Waals surface area contributed by atoms with Gasteiger partial charge in [0.15, 0.2) is 0 Å². The Morgan fingerprint density at radius 3 is 2.92 bits per heavy atom. The van der Waals surface area contributed by atoms with Gasteiger partial charge in [-0.1, -0.05) is 0 Å². The van der Waals surface area contributed by atoms with Crippen LogP contribution in [0.4, 0.5) is 5.69 Å². The highest BCUT2D eigenvalue weighted by Gasteiger charge is 2.20. The molecule has 0 amide bonds. The van der Waals surface area contributed by atoms with Crippen LogP contribution in [0.25, 0.3) is 0 Å². The van der Waals surface area contributed by atoms with Gasteiger partial charge in [-0.05, 0) is 34.5 Å². The van der Waals surface area contributed by atoms with Crippen molar-refractivity contribution in [2.75, 3.05) is 25.6 Å². The third kappa shape index (κ3) is 1.31. The van der Waals surface area contributed by atoms with Crippen LogP contribution in [0.2, 0.25) is 0 Å².